The summed E-state index contributed by atoms with van der Waals surface area (Å²) in [5.41, 5.74) is 0.654. The molecule has 36 heavy (non-hydrogen) atoms. The van der Waals surface area contributed by atoms with E-state index in [-0.39, 0.29) is 17.7 Å². The lowest BCUT2D eigenvalue weighted by Gasteiger charge is -2.37. The van der Waals surface area contributed by atoms with E-state index in [0.717, 1.165) is 36.8 Å². The zero-order chi connectivity index (χ0) is 27.7. The van der Waals surface area contributed by atoms with Crippen LogP contribution in [0.1, 0.15) is 105 Å². The van der Waals surface area contributed by atoms with Crippen molar-refractivity contribution in [3.63, 3.8) is 0 Å². The molecule has 0 aliphatic heterocycles. The fourth-order valence-electron chi connectivity index (χ4n) is 3.86. The molecule has 0 heterocycles. The number of hydrogen-bond donors (Lipinski definition) is 2. The normalized spacial score (nSPS) is 13.6. The number of rotatable bonds is 11. The van der Waals surface area contributed by atoms with Crippen molar-refractivity contribution in [2.45, 2.75) is 118 Å². The smallest absolute Gasteiger partial charge is 0.408 e. The molecule has 3 amide bonds. The highest BCUT2D eigenvalue weighted by atomic mass is 16.6. The third kappa shape index (κ3) is 11.0. The topological polar surface area (TPSA) is 87.7 Å². The molecule has 2 N–H and O–H groups in total. The molecule has 0 spiro atoms. The maximum absolute atomic E-state index is 14.1. The quantitative estimate of drug-likeness (QED) is 0.368. The van der Waals surface area contributed by atoms with Crippen LogP contribution in [0.25, 0.3) is 0 Å². The van der Waals surface area contributed by atoms with Crippen molar-refractivity contribution in [3.8, 4) is 0 Å². The van der Waals surface area contributed by atoms with Crippen LogP contribution in [-0.4, -0.2) is 46.5 Å². The molecule has 0 aliphatic carbocycles. The maximum atomic E-state index is 14.1. The molecule has 7 heteroatoms. The number of nitrogens with one attached hydrogen (secondary N) is 2. The van der Waals surface area contributed by atoms with Crippen molar-refractivity contribution in [3.05, 3.63) is 35.4 Å². The maximum Gasteiger partial charge on any atom is 0.408 e. The lowest BCUT2D eigenvalue weighted by atomic mass is 9.97. The number of nitrogens with zero attached hydrogens (tertiary/aromatic N) is 1. The number of benzene rings is 1. The van der Waals surface area contributed by atoms with Crippen LogP contribution in [0.3, 0.4) is 0 Å². The third-order valence-corrected chi connectivity index (χ3v) is 5.59. The molecule has 0 aromatic heterocycles. The van der Waals surface area contributed by atoms with E-state index >= 15 is 0 Å². The second kappa shape index (κ2) is 13.7. The fourth-order valence-corrected chi connectivity index (χ4v) is 3.86. The van der Waals surface area contributed by atoms with E-state index in [0.29, 0.717) is 6.54 Å². The highest BCUT2D eigenvalue weighted by Gasteiger charge is 2.38. The van der Waals surface area contributed by atoms with Gasteiger partial charge in [-0.05, 0) is 66.4 Å². The molecule has 204 valence electrons. The number of hydrogen-bond acceptors (Lipinski definition) is 4. The van der Waals surface area contributed by atoms with Crippen molar-refractivity contribution >= 4 is 17.9 Å². The molecule has 7 nitrogen and oxygen atoms in total. The highest BCUT2D eigenvalue weighted by Crippen LogP contribution is 2.26. The summed E-state index contributed by atoms with van der Waals surface area (Å²) in [5, 5.41) is 5.84. The first-order valence-corrected chi connectivity index (χ1v) is 13.2. The van der Waals surface area contributed by atoms with E-state index in [1.54, 1.807) is 25.7 Å². The van der Waals surface area contributed by atoms with Gasteiger partial charge in [-0.2, -0.15) is 0 Å². The minimum atomic E-state index is -0.832. The van der Waals surface area contributed by atoms with Crippen LogP contribution in [0.4, 0.5) is 4.79 Å². The Hall–Kier alpha value is -2.57. The van der Waals surface area contributed by atoms with Gasteiger partial charge in [-0.15, -0.1) is 0 Å². The summed E-state index contributed by atoms with van der Waals surface area (Å²) in [5.74, 6) is -0.732. The molecule has 1 aromatic carbocycles. The molecule has 2 unspecified atom stereocenters. The van der Waals surface area contributed by atoms with Gasteiger partial charge in [0.05, 0.1) is 0 Å². The van der Waals surface area contributed by atoms with Crippen molar-refractivity contribution < 1.29 is 19.1 Å². The van der Waals surface area contributed by atoms with Crippen LogP contribution in [-0.2, 0) is 14.3 Å². The number of aryl methyl sites for hydroxylation is 1. The zero-order valence-corrected chi connectivity index (χ0v) is 24.2. The summed E-state index contributed by atoms with van der Waals surface area (Å²) in [7, 11) is 0. The molecule has 1 rings (SSSR count). The summed E-state index contributed by atoms with van der Waals surface area (Å²) in [6.07, 6.45) is 3.19. The van der Waals surface area contributed by atoms with Crippen LogP contribution in [0, 0.1) is 12.8 Å². The van der Waals surface area contributed by atoms with Gasteiger partial charge in [0, 0.05) is 12.1 Å². The van der Waals surface area contributed by atoms with Gasteiger partial charge in [0.15, 0.2) is 0 Å². The number of carbonyl (C=O) groups is 3. The molecular weight excluding hydrogens is 454 g/mol. The fraction of sp³-hybridized carbons (Fsp3) is 0.690. The lowest BCUT2D eigenvalue weighted by molar-refractivity contribution is -0.144. The highest BCUT2D eigenvalue weighted by molar-refractivity contribution is 5.92. The Bertz CT molecular complexity index is 851. The van der Waals surface area contributed by atoms with Crippen LogP contribution in [0.5, 0.6) is 0 Å². The van der Waals surface area contributed by atoms with Crippen molar-refractivity contribution in [2.24, 2.45) is 5.92 Å². The number of unbranched alkanes of at least 4 members (excludes halogenated alkanes) is 3. The Morgan fingerprint density at radius 1 is 0.944 bits per heavy atom. The van der Waals surface area contributed by atoms with Gasteiger partial charge < -0.3 is 20.3 Å². The SMILES string of the molecule is CCCCCCN(C(=O)C(NC(=O)OC(C)(C)C)C(C)C)C(C(=O)NC(C)(C)C)c1ccc(C)cc1. The summed E-state index contributed by atoms with van der Waals surface area (Å²) < 4.78 is 5.43. The Morgan fingerprint density at radius 3 is 2.00 bits per heavy atom. The van der Waals surface area contributed by atoms with Gasteiger partial charge in [-0.25, -0.2) is 4.79 Å². The molecule has 1 aromatic rings. The van der Waals surface area contributed by atoms with Gasteiger partial charge in [-0.1, -0.05) is 69.9 Å². The minimum Gasteiger partial charge on any atom is -0.444 e. The number of ether oxygens (including phenoxy) is 1. The van der Waals surface area contributed by atoms with E-state index in [9.17, 15) is 14.4 Å². The van der Waals surface area contributed by atoms with Gasteiger partial charge >= 0.3 is 6.09 Å². The average molecular weight is 504 g/mol. The summed E-state index contributed by atoms with van der Waals surface area (Å²) in [6, 6.07) is 6.05. The Morgan fingerprint density at radius 2 is 1.53 bits per heavy atom. The van der Waals surface area contributed by atoms with Gasteiger partial charge in [0.2, 0.25) is 11.8 Å². The molecule has 0 bridgehead atoms. The summed E-state index contributed by atoms with van der Waals surface area (Å²) in [4.78, 5) is 42.0. The van der Waals surface area contributed by atoms with Crippen LogP contribution < -0.4 is 10.6 Å². The number of alkyl carbamates (subject to hydrolysis) is 1. The van der Waals surface area contributed by atoms with Crippen molar-refractivity contribution in [2.75, 3.05) is 6.54 Å². The van der Waals surface area contributed by atoms with Gasteiger partial charge in [0.25, 0.3) is 0 Å². The molecule has 0 radical (unpaired) electrons. The Balaban J connectivity index is 3.47. The summed E-state index contributed by atoms with van der Waals surface area (Å²) >= 11 is 0. The van der Waals surface area contributed by atoms with E-state index < -0.39 is 29.3 Å². The van der Waals surface area contributed by atoms with E-state index in [2.05, 4.69) is 17.6 Å². The molecular formula is C29H49N3O4. The first-order valence-electron chi connectivity index (χ1n) is 13.2. The van der Waals surface area contributed by atoms with E-state index in [1.807, 2.05) is 65.8 Å². The second-order valence-electron chi connectivity index (χ2n) is 12.0. The third-order valence-electron chi connectivity index (χ3n) is 5.59. The minimum absolute atomic E-state index is 0.201. The van der Waals surface area contributed by atoms with Crippen LogP contribution in [0.15, 0.2) is 24.3 Å². The van der Waals surface area contributed by atoms with Crippen LogP contribution >= 0.6 is 0 Å². The predicted octanol–water partition coefficient (Wildman–Crippen LogP) is 5.91. The molecule has 2 atom stereocenters. The van der Waals surface area contributed by atoms with Crippen LogP contribution in [0.2, 0.25) is 0 Å². The second-order valence-corrected chi connectivity index (χ2v) is 12.0. The predicted molar refractivity (Wildman–Crippen MR) is 146 cm³/mol. The summed E-state index contributed by atoms with van der Waals surface area (Å²) in [6.45, 7) is 19.4. The molecule has 0 aliphatic rings. The largest absolute Gasteiger partial charge is 0.444 e. The first kappa shape index (κ1) is 31.5. The average Bonchev–Trinajstić information content (AvgIpc) is 2.72. The first-order chi connectivity index (χ1) is 16.6. The molecule has 0 saturated heterocycles. The zero-order valence-electron chi connectivity index (χ0n) is 24.2. The molecule has 0 fully saturated rings. The monoisotopic (exact) mass is 503 g/mol. The number of amides is 3. The standard InChI is InChI=1S/C29H49N3O4/c1-11-12-13-14-19-32(26(34)23(20(2)3)30-27(35)36-29(8,9)10)24(25(33)31-28(5,6)7)22-17-15-21(4)16-18-22/h15-18,20,23-24H,11-14,19H2,1-10H3,(H,30,35)(H,31,33). The molecule has 0 saturated carbocycles. The van der Waals surface area contributed by atoms with E-state index in [1.165, 1.54) is 0 Å². The van der Waals surface area contributed by atoms with E-state index in [4.69, 9.17) is 4.74 Å². The lowest BCUT2D eigenvalue weighted by Crippen LogP contribution is -2.56. The Kier molecular flexibility index (Phi) is 11.9. The van der Waals surface area contributed by atoms with Crippen molar-refractivity contribution in [1.29, 1.82) is 0 Å². The number of carbonyl (C=O) groups excluding carboxylic acids is 3. The van der Waals surface area contributed by atoms with Gasteiger partial charge in [-0.3, -0.25) is 9.59 Å². The van der Waals surface area contributed by atoms with Gasteiger partial charge in [0.1, 0.15) is 17.7 Å². The Labute approximate surface area is 218 Å². The van der Waals surface area contributed by atoms with Crippen molar-refractivity contribution in [1.82, 2.24) is 15.5 Å².